The molecule has 0 aliphatic rings. The summed E-state index contributed by atoms with van der Waals surface area (Å²) in [6.45, 7) is 5.17. The summed E-state index contributed by atoms with van der Waals surface area (Å²) in [5.41, 5.74) is 4.41. The Balaban J connectivity index is 1.68. The van der Waals surface area contributed by atoms with Crippen LogP contribution >= 0.6 is 23.2 Å². The predicted octanol–water partition coefficient (Wildman–Crippen LogP) is 6.53. The highest BCUT2D eigenvalue weighted by atomic mass is 35.5. The number of benzene rings is 3. The lowest BCUT2D eigenvalue weighted by atomic mass is 10.2. The molecule has 0 heterocycles. The molecule has 3 rings (SSSR count). The maximum atomic E-state index is 12.6. The summed E-state index contributed by atoms with van der Waals surface area (Å²) in [5.74, 6) is 1.54. The van der Waals surface area contributed by atoms with Gasteiger partial charge in [-0.3, -0.25) is 4.79 Å². The van der Waals surface area contributed by atoms with Crippen molar-refractivity contribution in [2.24, 2.45) is 5.10 Å². The summed E-state index contributed by atoms with van der Waals surface area (Å²) in [5, 5.41) is 5.01. The Morgan fingerprint density at radius 1 is 0.972 bits per heavy atom. The molecule has 3 aromatic rings. The molecule has 0 unspecified atom stereocenters. The highest BCUT2D eigenvalue weighted by Gasteiger charge is 2.13. The second-order valence-electron chi connectivity index (χ2n) is 7.59. The Bertz CT molecular complexity index is 1220. The van der Waals surface area contributed by atoms with E-state index in [0.717, 1.165) is 12.0 Å². The maximum Gasteiger partial charge on any atom is 0.271 e. The normalized spacial score (nSPS) is 10.8. The predicted molar refractivity (Wildman–Crippen MR) is 142 cm³/mol. The molecule has 0 bridgehead atoms. The average molecular weight is 531 g/mol. The van der Waals surface area contributed by atoms with Gasteiger partial charge in [-0.15, -0.1) is 0 Å². The van der Waals surface area contributed by atoms with E-state index < -0.39 is 5.91 Å². The molecule has 0 spiro atoms. The van der Waals surface area contributed by atoms with Gasteiger partial charge in [0.05, 0.1) is 31.6 Å². The summed E-state index contributed by atoms with van der Waals surface area (Å²) < 4.78 is 22.6. The molecular weight excluding hydrogens is 503 g/mol. The zero-order valence-corrected chi connectivity index (χ0v) is 21.9. The molecule has 0 saturated heterocycles. The molecule has 9 heteroatoms. The van der Waals surface area contributed by atoms with Crippen LogP contribution in [0.5, 0.6) is 23.0 Å². The number of carbonyl (C=O) groups is 1. The Kier molecular flexibility index (Phi) is 10.3. The average Bonchev–Trinajstić information content (AvgIpc) is 2.87. The molecule has 3 aromatic carbocycles. The smallest absolute Gasteiger partial charge is 0.271 e. The van der Waals surface area contributed by atoms with E-state index >= 15 is 0 Å². The quantitative estimate of drug-likeness (QED) is 0.212. The monoisotopic (exact) mass is 530 g/mol. The molecule has 0 saturated carbocycles. The zero-order chi connectivity index (χ0) is 25.9. The number of halogens is 2. The zero-order valence-electron chi connectivity index (χ0n) is 20.3. The van der Waals surface area contributed by atoms with E-state index in [9.17, 15) is 4.79 Å². The van der Waals surface area contributed by atoms with Gasteiger partial charge in [-0.25, -0.2) is 5.43 Å². The molecular formula is C27H28Cl2N2O5. The second-order valence-corrected chi connectivity index (χ2v) is 8.44. The van der Waals surface area contributed by atoms with Crippen LogP contribution in [-0.2, 0) is 6.61 Å². The van der Waals surface area contributed by atoms with Gasteiger partial charge in [-0.2, -0.15) is 5.10 Å². The fourth-order valence-corrected chi connectivity index (χ4v) is 3.70. The van der Waals surface area contributed by atoms with Crippen molar-refractivity contribution in [3.8, 4) is 23.0 Å². The first-order valence-electron chi connectivity index (χ1n) is 11.4. The topological polar surface area (TPSA) is 78.4 Å². The van der Waals surface area contributed by atoms with Crippen molar-refractivity contribution in [1.29, 1.82) is 0 Å². The number of rotatable bonds is 12. The van der Waals surface area contributed by atoms with Gasteiger partial charge in [-0.1, -0.05) is 42.3 Å². The molecule has 0 aliphatic heterocycles. The van der Waals surface area contributed by atoms with Crippen LogP contribution in [0.3, 0.4) is 0 Å². The van der Waals surface area contributed by atoms with E-state index in [0.29, 0.717) is 57.4 Å². The molecule has 1 N–H and O–H groups in total. The van der Waals surface area contributed by atoms with Crippen molar-refractivity contribution in [3.63, 3.8) is 0 Å². The van der Waals surface area contributed by atoms with E-state index in [1.165, 1.54) is 13.3 Å². The number of methoxy groups -OCH3 is 1. The van der Waals surface area contributed by atoms with Crippen LogP contribution < -0.4 is 24.4 Å². The Labute approximate surface area is 220 Å². The fraction of sp³-hybridized carbons (Fsp3) is 0.259. The van der Waals surface area contributed by atoms with Crippen LogP contribution in [0.2, 0.25) is 10.0 Å². The first-order chi connectivity index (χ1) is 17.4. The summed E-state index contributed by atoms with van der Waals surface area (Å²) in [6, 6.07) is 15.7. The van der Waals surface area contributed by atoms with E-state index in [4.69, 9.17) is 42.1 Å². The lowest BCUT2D eigenvalue weighted by molar-refractivity contribution is 0.0954. The van der Waals surface area contributed by atoms with Gasteiger partial charge in [0, 0.05) is 10.6 Å². The third-order valence-electron chi connectivity index (χ3n) is 4.87. The number of hydrazone groups is 1. The summed E-state index contributed by atoms with van der Waals surface area (Å²) in [4.78, 5) is 12.6. The standard InChI is InChI=1S/C27H28Cl2N2O5/c1-4-11-35-23-10-9-20(15-24(23)34-5-2)27(32)31-30-16-19-13-22(29)26(25(14-19)33-3)36-17-18-7-6-8-21(28)12-18/h6-10,12-16H,4-5,11,17H2,1-3H3,(H,31,32)/b30-16+. The molecule has 0 radical (unpaired) electrons. The van der Waals surface area contributed by atoms with Crippen LogP contribution in [0.15, 0.2) is 59.7 Å². The number of nitrogens with one attached hydrogen (secondary N) is 1. The van der Waals surface area contributed by atoms with Crippen LogP contribution in [0.4, 0.5) is 0 Å². The lowest BCUT2D eigenvalue weighted by Crippen LogP contribution is -2.17. The molecule has 0 aromatic heterocycles. The molecule has 1 amide bonds. The van der Waals surface area contributed by atoms with Gasteiger partial charge in [0.25, 0.3) is 5.91 Å². The van der Waals surface area contributed by atoms with Gasteiger partial charge >= 0.3 is 0 Å². The minimum atomic E-state index is -0.395. The lowest BCUT2D eigenvalue weighted by Gasteiger charge is -2.13. The number of amides is 1. The highest BCUT2D eigenvalue weighted by Crippen LogP contribution is 2.36. The third-order valence-corrected chi connectivity index (χ3v) is 5.39. The molecule has 0 atom stereocenters. The van der Waals surface area contributed by atoms with Crippen molar-refractivity contribution >= 4 is 35.3 Å². The SMILES string of the molecule is CCCOc1ccc(C(=O)N/N=C/c2cc(Cl)c(OCc3cccc(Cl)c3)c(OC)c2)cc1OCC. The number of carbonyl (C=O) groups excluding carboxylic acids is 1. The van der Waals surface area contributed by atoms with E-state index in [2.05, 4.69) is 10.5 Å². The number of hydrogen-bond donors (Lipinski definition) is 1. The Morgan fingerprint density at radius 2 is 1.81 bits per heavy atom. The minimum absolute atomic E-state index is 0.270. The van der Waals surface area contributed by atoms with Crippen molar-refractivity contribution < 1.29 is 23.7 Å². The fourth-order valence-electron chi connectivity index (χ4n) is 3.22. The number of ether oxygens (including phenoxy) is 4. The number of nitrogens with zero attached hydrogens (tertiary/aromatic N) is 1. The van der Waals surface area contributed by atoms with E-state index in [-0.39, 0.29) is 6.61 Å². The van der Waals surface area contributed by atoms with Crippen molar-refractivity contribution in [3.05, 3.63) is 81.3 Å². The maximum absolute atomic E-state index is 12.6. The van der Waals surface area contributed by atoms with E-state index in [1.54, 1.807) is 36.4 Å². The molecule has 190 valence electrons. The molecule has 0 fully saturated rings. The summed E-state index contributed by atoms with van der Waals surface area (Å²) >= 11 is 12.5. The van der Waals surface area contributed by atoms with Gasteiger partial charge in [0.1, 0.15) is 6.61 Å². The van der Waals surface area contributed by atoms with Crippen molar-refractivity contribution in [2.45, 2.75) is 26.9 Å². The Morgan fingerprint density at radius 3 is 2.53 bits per heavy atom. The van der Waals surface area contributed by atoms with Crippen LogP contribution in [0.1, 0.15) is 41.8 Å². The van der Waals surface area contributed by atoms with Crippen molar-refractivity contribution in [1.82, 2.24) is 5.43 Å². The summed E-state index contributed by atoms with van der Waals surface area (Å²) in [7, 11) is 1.52. The highest BCUT2D eigenvalue weighted by molar-refractivity contribution is 6.32. The van der Waals surface area contributed by atoms with Crippen LogP contribution in [0, 0.1) is 0 Å². The second kappa shape index (κ2) is 13.6. The summed E-state index contributed by atoms with van der Waals surface area (Å²) in [6.07, 6.45) is 2.33. The van der Waals surface area contributed by atoms with E-state index in [1.807, 2.05) is 32.0 Å². The van der Waals surface area contributed by atoms with Crippen LogP contribution in [-0.4, -0.2) is 32.4 Å². The Hall–Kier alpha value is -3.42. The van der Waals surface area contributed by atoms with Gasteiger partial charge in [0.15, 0.2) is 23.0 Å². The molecule has 36 heavy (non-hydrogen) atoms. The van der Waals surface area contributed by atoms with Crippen molar-refractivity contribution in [2.75, 3.05) is 20.3 Å². The van der Waals surface area contributed by atoms with Crippen LogP contribution in [0.25, 0.3) is 0 Å². The molecule has 0 aliphatic carbocycles. The van der Waals surface area contributed by atoms with Gasteiger partial charge < -0.3 is 18.9 Å². The molecule has 7 nitrogen and oxygen atoms in total. The number of hydrogen-bond acceptors (Lipinski definition) is 6. The van der Waals surface area contributed by atoms with Gasteiger partial charge in [0.2, 0.25) is 0 Å². The largest absolute Gasteiger partial charge is 0.493 e. The van der Waals surface area contributed by atoms with Gasteiger partial charge in [-0.05, 0) is 66.9 Å². The third kappa shape index (κ3) is 7.54. The first kappa shape index (κ1) is 27.2. The minimum Gasteiger partial charge on any atom is -0.493 e. The first-order valence-corrected chi connectivity index (χ1v) is 12.2.